The van der Waals surface area contributed by atoms with Gasteiger partial charge in [0.1, 0.15) is 0 Å². The van der Waals surface area contributed by atoms with Gasteiger partial charge < -0.3 is 0 Å². The zero-order chi connectivity index (χ0) is 10.8. The molecule has 1 aromatic heterocycles. The second-order valence-electron chi connectivity index (χ2n) is 4.99. The van der Waals surface area contributed by atoms with Gasteiger partial charge in [-0.2, -0.15) is 0 Å². The van der Waals surface area contributed by atoms with Crippen LogP contribution in [0, 0.1) is 0 Å². The molecule has 0 aliphatic carbocycles. The molecule has 1 nitrogen and oxygen atoms in total. The Morgan fingerprint density at radius 1 is 1.29 bits per heavy atom. The Hall–Kier alpha value is -0.0513. The normalized spacial score (nSPS) is 12.1. The molecule has 0 N–H and O–H groups in total. The number of rotatable bonds is 2. The van der Waals surface area contributed by atoms with E-state index in [1.165, 1.54) is 5.56 Å². The molecule has 0 atom stereocenters. The van der Waals surface area contributed by atoms with Crippen LogP contribution in [0.15, 0.2) is 18.5 Å². The Kier molecular flexibility index (Phi) is 3.99. The molecule has 1 aromatic rings. The van der Waals surface area contributed by atoms with E-state index in [0.29, 0.717) is 9.35 Å². The van der Waals surface area contributed by atoms with Gasteiger partial charge in [-0.25, -0.2) is 0 Å². The van der Waals surface area contributed by atoms with Crippen molar-refractivity contribution in [3.63, 3.8) is 0 Å². The summed E-state index contributed by atoms with van der Waals surface area (Å²) in [5.74, 6) is 0.635. The predicted molar refractivity (Wildman–Crippen MR) is 63.4 cm³/mol. The third kappa shape index (κ3) is 3.60. The van der Waals surface area contributed by atoms with Crippen LogP contribution in [0.2, 0.25) is 3.43 Å². The predicted octanol–water partition coefficient (Wildman–Crippen LogP) is 2.75. The third-order valence-electron chi connectivity index (χ3n) is 1.99. The van der Waals surface area contributed by atoms with Crippen molar-refractivity contribution in [1.29, 1.82) is 0 Å². The molecule has 1 heterocycles. The van der Waals surface area contributed by atoms with Crippen LogP contribution in [0.5, 0.6) is 0 Å². The van der Waals surface area contributed by atoms with Crippen LogP contribution < -0.4 is 3.58 Å². The molecule has 2 radical (unpaired) electrons. The van der Waals surface area contributed by atoms with E-state index in [2.05, 4.69) is 51.9 Å². The van der Waals surface area contributed by atoms with Crippen molar-refractivity contribution in [2.75, 3.05) is 0 Å². The first-order valence-corrected chi connectivity index (χ1v) is 7.97. The number of nitrogens with zero attached hydrogens (tertiary/aromatic N) is 1. The second-order valence-corrected chi connectivity index (χ2v) is 11.5. The molecular formula is C12H19NSn. The Morgan fingerprint density at radius 2 is 1.93 bits per heavy atom. The van der Waals surface area contributed by atoms with Crippen molar-refractivity contribution >= 4 is 24.7 Å². The number of pyridine rings is 1. The summed E-state index contributed by atoms with van der Waals surface area (Å²) in [6, 6.07) is 2.19. The molecule has 0 amide bonds. The monoisotopic (exact) mass is 297 g/mol. The van der Waals surface area contributed by atoms with E-state index in [-0.39, 0.29) is 0 Å². The summed E-state index contributed by atoms with van der Waals surface area (Å²) in [6.07, 6.45) is 4.01. The Morgan fingerprint density at radius 3 is 2.43 bits per heavy atom. The molecule has 0 aliphatic heterocycles. The zero-order valence-electron chi connectivity index (χ0n) is 9.76. The fourth-order valence-electron chi connectivity index (χ4n) is 1.42. The van der Waals surface area contributed by atoms with Gasteiger partial charge in [-0.3, -0.25) is 0 Å². The van der Waals surface area contributed by atoms with Crippen LogP contribution in [0.3, 0.4) is 0 Å². The third-order valence-corrected chi connectivity index (χ3v) is 6.09. The quantitative estimate of drug-likeness (QED) is 0.765. The van der Waals surface area contributed by atoms with Crippen molar-refractivity contribution in [2.24, 2.45) is 0 Å². The van der Waals surface area contributed by atoms with Crippen molar-refractivity contribution in [1.82, 2.24) is 4.98 Å². The standard InChI is InChI=1S/C8H10N.C4H9.Sn/c1-7(2)8-3-5-9-6-4-8;1-4(2)3;/h3,5-7H,1-2H3;1-3H3;. The zero-order valence-corrected chi connectivity index (χ0v) is 12.6. The molecule has 0 saturated carbocycles. The van der Waals surface area contributed by atoms with Gasteiger partial charge in [-0.1, -0.05) is 0 Å². The minimum absolute atomic E-state index is 0.501. The summed E-state index contributed by atoms with van der Waals surface area (Å²) in [5, 5.41) is 0. The summed E-state index contributed by atoms with van der Waals surface area (Å²) in [6.45, 7) is 11.6. The van der Waals surface area contributed by atoms with Crippen LogP contribution in [0.4, 0.5) is 0 Å². The topological polar surface area (TPSA) is 12.9 Å². The molecule has 0 aliphatic rings. The van der Waals surface area contributed by atoms with E-state index in [0.717, 1.165) is 0 Å². The molecule has 2 heteroatoms. The van der Waals surface area contributed by atoms with Crippen LogP contribution in [-0.2, 0) is 0 Å². The van der Waals surface area contributed by atoms with Gasteiger partial charge in [0.05, 0.1) is 0 Å². The van der Waals surface area contributed by atoms with Gasteiger partial charge in [0.15, 0.2) is 0 Å². The second kappa shape index (κ2) is 4.65. The van der Waals surface area contributed by atoms with Gasteiger partial charge in [0.25, 0.3) is 0 Å². The number of aromatic nitrogens is 1. The molecule has 0 aromatic carbocycles. The maximum atomic E-state index is 4.25. The summed E-state index contributed by atoms with van der Waals surface area (Å²) in [7, 11) is 0. The van der Waals surface area contributed by atoms with E-state index in [9.17, 15) is 0 Å². The van der Waals surface area contributed by atoms with Crippen molar-refractivity contribution in [2.45, 2.75) is 44.0 Å². The number of hydrogen-bond acceptors (Lipinski definition) is 1. The molecular weight excluding hydrogens is 277 g/mol. The van der Waals surface area contributed by atoms with E-state index in [1.54, 1.807) is 3.58 Å². The minimum atomic E-state index is -0.501. The van der Waals surface area contributed by atoms with E-state index >= 15 is 0 Å². The van der Waals surface area contributed by atoms with Crippen LogP contribution in [0.1, 0.15) is 46.1 Å². The van der Waals surface area contributed by atoms with E-state index in [4.69, 9.17) is 0 Å². The van der Waals surface area contributed by atoms with Gasteiger partial charge in [0, 0.05) is 0 Å². The Labute approximate surface area is 97.6 Å². The summed E-state index contributed by atoms with van der Waals surface area (Å²) in [5.41, 5.74) is 1.52. The number of hydrogen-bond donors (Lipinski definition) is 0. The first-order chi connectivity index (χ1) is 6.40. The van der Waals surface area contributed by atoms with Crippen molar-refractivity contribution < 1.29 is 0 Å². The van der Waals surface area contributed by atoms with E-state index in [1.807, 2.05) is 6.20 Å². The summed E-state index contributed by atoms with van der Waals surface area (Å²) >= 11 is -0.501. The molecule has 0 bridgehead atoms. The molecule has 76 valence electrons. The molecule has 0 fully saturated rings. The molecule has 14 heavy (non-hydrogen) atoms. The summed E-state index contributed by atoms with van der Waals surface area (Å²) in [4.78, 5) is 4.25. The van der Waals surface area contributed by atoms with E-state index < -0.39 is 21.1 Å². The SMILES string of the molecule is CC(C)c1ccnc[c]1[Sn][C](C)(C)C. The Balaban J connectivity index is 2.96. The fraction of sp³-hybridized carbons (Fsp3) is 0.583. The van der Waals surface area contributed by atoms with Gasteiger partial charge in [-0.05, 0) is 0 Å². The summed E-state index contributed by atoms with van der Waals surface area (Å²) < 4.78 is 2.08. The van der Waals surface area contributed by atoms with Crippen LogP contribution in [-0.4, -0.2) is 26.1 Å². The van der Waals surface area contributed by atoms with Crippen LogP contribution in [0.25, 0.3) is 0 Å². The molecule has 0 spiro atoms. The molecule has 0 saturated heterocycles. The van der Waals surface area contributed by atoms with Crippen LogP contribution >= 0.6 is 0 Å². The first kappa shape index (κ1) is 12.0. The Bertz CT molecular complexity index is 299. The maximum absolute atomic E-state index is 4.25. The molecule has 0 unspecified atom stereocenters. The van der Waals surface area contributed by atoms with Crippen molar-refractivity contribution in [3.8, 4) is 0 Å². The van der Waals surface area contributed by atoms with Crippen molar-refractivity contribution in [3.05, 3.63) is 24.0 Å². The first-order valence-electron chi connectivity index (χ1n) is 5.12. The molecule has 1 rings (SSSR count). The van der Waals surface area contributed by atoms with Gasteiger partial charge in [0.2, 0.25) is 0 Å². The fourth-order valence-corrected chi connectivity index (χ4v) is 5.59. The van der Waals surface area contributed by atoms with Gasteiger partial charge >= 0.3 is 97.7 Å². The average Bonchev–Trinajstić information content (AvgIpc) is 2.01. The van der Waals surface area contributed by atoms with Gasteiger partial charge in [-0.15, -0.1) is 0 Å². The average molecular weight is 296 g/mol.